The monoisotopic (exact) mass is 472 g/mol. The van der Waals surface area contributed by atoms with E-state index in [-0.39, 0.29) is 31.7 Å². The largest absolute Gasteiger partial charge is 0.444 e. The quantitative estimate of drug-likeness (QED) is 0.360. The van der Waals surface area contributed by atoms with Crippen molar-refractivity contribution in [2.75, 3.05) is 26.2 Å². The molecule has 2 aliphatic heterocycles. The predicted molar refractivity (Wildman–Crippen MR) is 108 cm³/mol. The zero-order valence-electron chi connectivity index (χ0n) is 17.6. The van der Waals surface area contributed by atoms with Crippen molar-refractivity contribution in [3.8, 4) is 0 Å². The highest BCUT2D eigenvalue weighted by Gasteiger charge is 2.43. The first-order chi connectivity index (χ1) is 14.8. The second kappa shape index (κ2) is 8.76. The number of hydrogen-bond acceptors (Lipinski definition) is 8. The van der Waals surface area contributed by atoms with Crippen molar-refractivity contribution in [3.63, 3.8) is 0 Å². The molecular formula is C17H24N6O8S. The van der Waals surface area contributed by atoms with Gasteiger partial charge in [0.2, 0.25) is 0 Å². The molecule has 4 amide bonds. The number of carbonyl (C=O) groups excluding carboxylic acids is 3. The van der Waals surface area contributed by atoms with Gasteiger partial charge in [-0.1, -0.05) is 0 Å². The minimum absolute atomic E-state index is 0.100. The van der Waals surface area contributed by atoms with E-state index in [9.17, 15) is 22.8 Å². The number of rotatable bonds is 7. The maximum absolute atomic E-state index is 12.3. The third-order valence-corrected chi connectivity index (χ3v) is 4.65. The Hall–Kier alpha value is -3.17. The van der Waals surface area contributed by atoms with Crippen molar-refractivity contribution in [2.24, 2.45) is 0 Å². The van der Waals surface area contributed by atoms with Gasteiger partial charge >= 0.3 is 22.5 Å². The highest BCUT2D eigenvalue weighted by atomic mass is 32.3. The van der Waals surface area contributed by atoms with Crippen LogP contribution in [0.5, 0.6) is 0 Å². The summed E-state index contributed by atoms with van der Waals surface area (Å²) >= 11 is 0. The van der Waals surface area contributed by atoms with Crippen molar-refractivity contribution in [1.82, 2.24) is 30.4 Å². The van der Waals surface area contributed by atoms with Crippen LogP contribution in [0.3, 0.4) is 0 Å². The smallest absolute Gasteiger partial charge is 0.418 e. The average Bonchev–Trinajstić information content (AvgIpc) is 3.23. The lowest BCUT2D eigenvalue weighted by Gasteiger charge is -2.20. The van der Waals surface area contributed by atoms with Gasteiger partial charge in [0.15, 0.2) is 0 Å². The summed E-state index contributed by atoms with van der Waals surface area (Å²) in [6.07, 6.45) is 3.76. The van der Waals surface area contributed by atoms with Gasteiger partial charge in [-0.3, -0.25) is 9.35 Å². The summed E-state index contributed by atoms with van der Waals surface area (Å²) in [5, 5.41) is 9.84. The molecule has 176 valence electrons. The molecule has 32 heavy (non-hydrogen) atoms. The van der Waals surface area contributed by atoms with Crippen LogP contribution in [0.15, 0.2) is 18.5 Å². The Morgan fingerprint density at radius 1 is 1.28 bits per heavy atom. The van der Waals surface area contributed by atoms with Crippen LogP contribution in [0.1, 0.15) is 31.1 Å². The molecule has 3 N–H and O–H groups in total. The molecule has 1 aromatic heterocycles. The normalized spacial score (nSPS) is 18.4. The topological polar surface area (TPSA) is 172 Å². The third-order valence-electron chi connectivity index (χ3n) is 4.30. The van der Waals surface area contributed by atoms with Gasteiger partial charge in [-0.15, -0.1) is 4.28 Å². The van der Waals surface area contributed by atoms with Gasteiger partial charge in [-0.05, 0) is 26.8 Å². The minimum atomic E-state index is -4.85. The van der Waals surface area contributed by atoms with E-state index in [2.05, 4.69) is 20.0 Å². The molecule has 1 fully saturated rings. The summed E-state index contributed by atoms with van der Waals surface area (Å²) in [7, 11) is -4.85. The van der Waals surface area contributed by atoms with Gasteiger partial charge in [-0.25, -0.2) is 14.3 Å². The molecule has 0 saturated carbocycles. The summed E-state index contributed by atoms with van der Waals surface area (Å²) < 4.78 is 41.6. The predicted octanol–water partition coefficient (Wildman–Crippen LogP) is -0.167. The Kier molecular flexibility index (Phi) is 6.43. The van der Waals surface area contributed by atoms with Crippen molar-refractivity contribution in [3.05, 3.63) is 24.0 Å². The third kappa shape index (κ3) is 5.95. The SMILES string of the molecule is CC(C)(C)OC(=O)NCCNC(=O)c1cnn(C2=CC3CN(C2)C(=O)N3OS(=O)(=O)O)c1. The number of amides is 4. The number of hydroxylamine groups is 2. The number of hydrogen-bond donors (Lipinski definition) is 3. The molecule has 0 spiro atoms. The average molecular weight is 472 g/mol. The van der Waals surface area contributed by atoms with E-state index in [1.54, 1.807) is 26.8 Å². The number of alkyl carbamates (subject to hydrolysis) is 1. The standard InChI is InChI=1S/C17H24N6O8S/c1-17(2,3)30-15(25)19-5-4-18-14(24)11-7-20-22(8-11)12-6-13-10-21(9-12)16(26)23(13)31-32(27,28)29/h6-8,13H,4-5,9-10H2,1-3H3,(H,18,24)(H,19,25)(H,27,28,29). The lowest BCUT2D eigenvalue weighted by molar-refractivity contribution is -0.0183. The Balaban J connectivity index is 1.55. The molecule has 14 nitrogen and oxygen atoms in total. The fourth-order valence-corrected chi connectivity index (χ4v) is 3.45. The van der Waals surface area contributed by atoms with Gasteiger partial charge in [0, 0.05) is 25.8 Å². The molecule has 1 unspecified atom stereocenters. The number of urea groups is 1. The summed E-state index contributed by atoms with van der Waals surface area (Å²) in [5.74, 6) is -0.422. The Morgan fingerprint density at radius 3 is 2.62 bits per heavy atom. The summed E-state index contributed by atoms with van der Waals surface area (Å²) in [4.78, 5) is 37.4. The molecule has 0 radical (unpaired) electrons. The Labute approximate surface area is 184 Å². The van der Waals surface area contributed by atoms with Gasteiger partial charge < -0.3 is 20.3 Å². The van der Waals surface area contributed by atoms with E-state index in [0.29, 0.717) is 10.8 Å². The van der Waals surface area contributed by atoms with Crippen LogP contribution in [0.25, 0.3) is 5.70 Å². The van der Waals surface area contributed by atoms with Crippen LogP contribution in [-0.2, 0) is 19.4 Å². The number of nitrogens with zero attached hydrogens (tertiary/aromatic N) is 4. The fourth-order valence-electron chi connectivity index (χ4n) is 3.07. The highest BCUT2D eigenvalue weighted by molar-refractivity contribution is 7.80. The second-order valence-electron chi connectivity index (χ2n) is 8.07. The summed E-state index contributed by atoms with van der Waals surface area (Å²) in [5.41, 5.74) is 0.140. The van der Waals surface area contributed by atoms with Gasteiger partial charge in [0.1, 0.15) is 11.6 Å². The van der Waals surface area contributed by atoms with Crippen molar-refractivity contribution >= 4 is 34.1 Å². The first kappa shape index (κ1) is 23.5. The van der Waals surface area contributed by atoms with E-state index in [1.807, 2.05) is 0 Å². The van der Waals surface area contributed by atoms with Crippen LogP contribution in [0.4, 0.5) is 9.59 Å². The van der Waals surface area contributed by atoms with E-state index < -0.39 is 40.1 Å². The molecule has 0 aliphatic carbocycles. The Bertz CT molecular complexity index is 1040. The molecule has 3 rings (SSSR count). The first-order valence-corrected chi connectivity index (χ1v) is 10.9. The molecular weight excluding hydrogens is 448 g/mol. The van der Waals surface area contributed by atoms with E-state index in [0.717, 1.165) is 0 Å². The van der Waals surface area contributed by atoms with Gasteiger partial charge in [0.05, 0.1) is 24.0 Å². The van der Waals surface area contributed by atoms with Gasteiger partial charge in [-0.2, -0.15) is 18.6 Å². The summed E-state index contributed by atoms with van der Waals surface area (Å²) in [6, 6.07) is -1.48. The molecule has 3 heterocycles. The molecule has 1 aromatic rings. The van der Waals surface area contributed by atoms with Crippen molar-refractivity contribution < 1.29 is 36.4 Å². The molecule has 1 atom stereocenters. The fraction of sp³-hybridized carbons (Fsp3) is 0.529. The zero-order chi connectivity index (χ0) is 23.7. The van der Waals surface area contributed by atoms with Crippen LogP contribution < -0.4 is 10.6 Å². The number of fused-ring (bicyclic) bond motifs is 2. The first-order valence-electron chi connectivity index (χ1n) is 9.58. The second-order valence-corrected chi connectivity index (χ2v) is 9.08. The maximum Gasteiger partial charge on any atom is 0.418 e. The number of ether oxygens (including phenoxy) is 1. The lowest BCUT2D eigenvalue weighted by atomic mass is 10.2. The number of aromatic nitrogens is 2. The minimum Gasteiger partial charge on any atom is -0.444 e. The molecule has 2 aliphatic rings. The molecule has 0 aromatic carbocycles. The van der Waals surface area contributed by atoms with Crippen LogP contribution >= 0.6 is 0 Å². The van der Waals surface area contributed by atoms with E-state index in [1.165, 1.54) is 22.0 Å². The molecule has 2 bridgehead atoms. The number of nitrogens with one attached hydrogen (secondary N) is 2. The van der Waals surface area contributed by atoms with Crippen LogP contribution in [-0.4, -0.2) is 88.6 Å². The van der Waals surface area contributed by atoms with Crippen LogP contribution in [0, 0.1) is 0 Å². The lowest BCUT2D eigenvalue weighted by Crippen LogP contribution is -2.37. The van der Waals surface area contributed by atoms with Gasteiger partial charge in [0.25, 0.3) is 5.91 Å². The molecule has 1 saturated heterocycles. The Morgan fingerprint density at radius 2 is 1.97 bits per heavy atom. The highest BCUT2D eigenvalue weighted by Crippen LogP contribution is 2.27. The maximum atomic E-state index is 12.3. The zero-order valence-corrected chi connectivity index (χ0v) is 18.5. The van der Waals surface area contributed by atoms with E-state index in [4.69, 9.17) is 9.29 Å². The van der Waals surface area contributed by atoms with E-state index >= 15 is 0 Å². The summed E-state index contributed by atoms with van der Waals surface area (Å²) in [6.45, 7) is 5.84. The van der Waals surface area contributed by atoms with Crippen molar-refractivity contribution in [1.29, 1.82) is 0 Å². The molecule has 15 heteroatoms. The number of carbonyl (C=O) groups is 3. The van der Waals surface area contributed by atoms with Crippen molar-refractivity contribution in [2.45, 2.75) is 32.4 Å². The van der Waals surface area contributed by atoms with Crippen LogP contribution in [0.2, 0.25) is 0 Å².